The topological polar surface area (TPSA) is 145 Å². The number of hydrogen-bond donors (Lipinski definition) is 2. The van der Waals surface area contributed by atoms with Gasteiger partial charge in [-0.15, -0.1) is 0 Å². The van der Waals surface area contributed by atoms with Crippen molar-refractivity contribution in [1.29, 1.82) is 0 Å². The normalized spacial score (nSPS) is 15.2. The Morgan fingerprint density at radius 3 is 1.81 bits per heavy atom. The van der Waals surface area contributed by atoms with Crippen molar-refractivity contribution < 1.29 is 92.2 Å². The van der Waals surface area contributed by atoms with Crippen LogP contribution in [0.25, 0.3) is 0 Å². The van der Waals surface area contributed by atoms with Gasteiger partial charge in [0.15, 0.2) is 0 Å². The van der Waals surface area contributed by atoms with Gasteiger partial charge in [-0.25, -0.2) is 0 Å². The van der Waals surface area contributed by atoms with E-state index in [2.05, 4.69) is 9.05 Å². The fraction of sp³-hybridized carbons (Fsp3) is 1.00. The van der Waals surface area contributed by atoms with Crippen LogP contribution < -0.4 is 74.6 Å². The summed E-state index contributed by atoms with van der Waals surface area (Å²) in [5, 5.41) is 9.22. The van der Waals surface area contributed by atoms with Crippen LogP contribution in [0.3, 0.4) is 0 Å². The molecule has 0 spiro atoms. The van der Waals surface area contributed by atoms with Crippen molar-refractivity contribution in [3.05, 3.63) is 0 Å². The summed E-state index contributed by atoms with van der Waals surface area (Å²) in [5.74, 6) is -2.68. The van der Waals surface area contributed by atoms with Crippen molar-refractivity contribution in [3.8, 4) is 0 Å². The summed E-state index contributed by atoms with van der Waals surface area (Å²) in [5.41, 5.74) is 5.07. The number of nitrogens with two attached hydrogens (primary N) is 1. The Morgan fingerprint density at radius 2 is 1.56 bits per heavy atom. The second kappa shape index (κ2) is 12.0. The first kappa shape index (κ1) is 23.1. The average molecular weight is 291 g/mol. The first-order valence-corrected chi connectivity index (χ1v) is 5.68. The van der Waals surface area contributed by atoms with Gasteiger partial charge in [0.2, 0.25) is 0 Å². The molecule has 8 nitrogen and oxygen atoms in total. The van der Waals surface area contributed by atoms with Crippen LogP contribution in [0.5, 0.6) is 0 Å². The maximum absolute atomic E-state index is 10.1. The fourth-order valence-corrected chi connectivity index (χ4v) is 1.45. The molecule has 82 valence electrons. The fourth-order valence-electron chi connectivity index (χ4n) is 0.666. The van der Waals surface area contributed by atoms with E-state index in [1.54, 1.807) is 0 Å². The zero-order chi connectivity index (χ0) is 11.2. The van der Waals surface area contributed by atoms with Gasteiger partial charge < -0.3 is 20.6 Å². The van der Waals surface area contributed by atoms with E-state index < -0.39 is 22.5 Å². The van der Waals surface area contributed by atoms with Crippen molar-refractivity contribution in [1.82, 2.24) is 0 Å². The predicted molar refractivity (Wildman–Crippen MR) is 40.6 cm³/mol. The predicted octanol–water partition coefficient (Wildman–Crippen LogP) is -7.55. The largest absolute Gasteiger partial charge is 1.00 e. The van der Waals surface area contributed by atoms with Gasteiger partial charge in [-0.3, -0.25) is 0 Å². The monoisotopic (exact) mass is 291 g/mol. The van der Waals surface area contributed by atoms with Crippen LogP contribution in [0.2, 0.25) is 0 Å². The van der Waals surface area contributed by atoms with Gasteiger partial charge in [0, 0.05) is 6.42 Å². The van der Waals surface area contributed by atoms with Crippen LogP contribution in [0.15, 0.2) is 0 Å². The Hall–Kier alpha value is 1.96. The quantitative estimate of drug-likeness (QED) is 0.267. The average Bonchev–Trinajstić information content (AvgIpc) is 1.97. The number of hydrogen-bond acceptors (Lipinski definition) is 8. The van der Waals surface area contributed by atoms with E-state index in [9.17, 15) is 24.0 Å². The van der Waals surface area contributed by atoms with E-state index in [0.717, 1.165) is 0 Å². The molecule has 0 saturated carbocycles. The van der Waals surface area contributed by atoms with Gasteiger partial charge >= 0.3 is 81.6 Å². The molecule has 0 aromatic rings. The molecule has 2 atom stereocenters. The molecule has 0 radical (unpaired) electrons. The summed E-state index contributed by atoms with van der Waals surface area (Å²) in [6.45, 7) is 0.125. The van der Waals surface area contributed by atoms with Gasteiger partial charge in [-0.2, -0.15) is 0 Å². The molecule has 16 heavy (non-hydrogen) atoms. The Kier molecular flexibility index (Phi) is 17.3. The molecular weight excluding hydrogens is 282 g/mol. The first-order chi connectivity index (χ1) is 6.39. The van der Waals surface area contributed by atoms with Crippen molar-refractivity contribution >= 4 is 16.5 Å². The molecule has 0 aliphatic heterocycles. The first-order valence-electron chi connectivity index (χ1n) is 3.49. The maximum atomic E-state index is 10.1. The summed E-state index contributed by atoms with van der Waals surface area (Å²) in [6, 6.07) is 0. The van der Waals surface area contributed by atoms with Crippen molar-refractivity contribution in [2.24, 2.45) is 5.73 Å². The standard InChI is InChI=1S/C4H9NO7P2.2Na/c5-3-1-2-4(6,11-13(7)8)12-14(9)10;;/h6H,1-3,5H2;;/q;2*+1. The summed E-state index contributed by atoms with van der Waals surface area (Å²) in [7, 11) is -6.84. The van der Waals surface area contributed by atoms with E-state index in [1.165, 1.54) is 0 Å². The van der Waals surface area contributed by atoms with Crippen molar-refractivity contribution in [3.63, 3.8) is 0 Å². The molecule has 3 N–H and O–H groups in total. The molecule has 0 bridgehead atoms. The Balaban J connectivity index is -0.000000845. The maximum Gasteiger partial charge on any atom is 1.00 e. The third kappa shape index (κ3) is 12.4. The van der Waals surface area contributed by atoms with Gasteiger partial charge in [0.25, 0.3) is 0 Å². The van der Waals surface area contributed by atoms with Crippen molar-refractivity contribution in [2.45, 2.75) is 18.8 Å². The van der Waals surface area contributed by atoms with Crippen molar-refractivity contribution in [2.75, 3.05) is 6.54 Å². The Labute approximate surface area is 138 Å². The van der Waals surface area contributed by atoms with Crippen LogP contribution in [0, 0.1) is 0 Å². The van der Waals surface area contributed by atoms with Crippen LogP contribution in [0.4, 0.5) is 0 Å². The minimum Gasteiger partial charge on any atom is -0.566 e. The second-order valence-corrected chi connectivity index (χ2v) is 3.49. The molecule has 2 unspecified atom stereocenters. The van der Waals surface area contributed by atoms with Gasteiger partial charge in [-0.1, -0.05) is 9.05 Å². The van der Waals surface area contributed by atoms with E-state index in [-0.39, 0.29) is 78.5 Å². The molecule has 0 rings (SSSR count). The minimum absolute atomic E-state index is 0. The number of aliphatic hydroxyl groups is 1. The summed E-state index contributed by atoms with van der Waals surface area (Å²) < 4.78 is 28.0. The molecule has 0 aromatic heterocycles. The summed E-state index contributed by atoms with van der Waals surface area (Å²) >= 11 is 0. The zero-order valence-corrected chi connectivity index (χ0v) is 14.8. The van der Waals surface area contributed by atoms with Gasteiger partial charge in [0.05, 0.1) is 0 Å². The van der Waals surface area contributed by atoms with E-state index >= 15 is 0 Å². The third-order valence-corrected chi connectivity index (χ3v) is 2.00. The minimum atomic E-state index is -3.42. The summed E-state index contributed by atoms with van der Waals surface area (Å²) in [6.07, 6.45) is -0.223. The molecule has 0 fully saturated rings. The molecule has 12 heteroatoms. The van der Waals surface area contributed by atoms with E-state index in [0.29, 0.717) is 0 Å². The van der Waals surface area contributed by atoms with Crippen LogP contribution in [-0.4, -0.2) is 17.6 Å². The Bertz CT molecular complexity index is 214. The summed E-state index contributed by atoms with van der Waals surface area (Å²) in [4.78, 5) is 20.2. The Morgan fingerprint density at radius 1 is 1.19 bits per heavy atom. The molecule has 0 aliphatic rings. The molecule has 0 saturated heterocycles. The van der Waals surface area contributed by atoms with Crippen LogP contribution in [0.1, 0.15) is 12.8 Å². The smallest absolute Gasteiger partial charge is 0.566 e. The van der Waals surface area contributed by atoms with Gasteiger partial charge in [-0.05, 0) is 22.1 Å². The van der Waals surface area contributed by atoms with E-state index in [4.69, 9.17) is 5.73 Å². The molecule has 0 amide bonds. The zero-order valence-electron chi connectivity index (χ0n) is 8.99. The molecular formula is C4H9NNa2O7P2+2. The molecule has 0 heterocycles. The number of rotatable bonds is 7. The molecule has 0 aromatic carbocycles. The van der Waals surface area contributed by atoms with Gasteiger partial charge in [0.1, 0.15) is 0 Å². The molecule has 0 aliphatic carbocycles. The SMILES string of the molecule is NCCCC(O)(O[P+](=O)[O-])O[P+](=O)[O-].[Na+].[Na+]. The van der Waals surface area contributed by atoms with Crippen LogP contribution >= 0.6 is 16.5 Å². The second-order valence-electron chi connectivity index (χ2n) is 2.23. The van der Waals surface area contributed by atoms with E-state index in [1.807, 2.05) is 0 Å². The van der Waals surface area contributed by atoms with Crippen LogP contribution in [-0.2, 0) is 18.2 Å². The third-order valence-electron chi connectivity index (χ3n) is 1.13.